The number of benzene rings is 2. The van der Waals surface area contributed by atoms with E-state index in [0.717, 1.165) is 22.3 Å². The largest absolute Gasteiger partial charge is 0.494 e. The van der Waals surface area contributed by atoms with Crippen molar-refractivity contribution < 1.29 is 23.5 Å². The van der Waals surface area contributed by atoms with E-state index in [9.17, 15) is 9.59 Å². The van der Waals surface area contributed by atoms with Crippen molar-refractivity contribution in [3.8, 4) is 5.75 Å². The number of likely N-dealkylation sites (N-methyl/N-ethyl adjacent to an activating group) is 1. The van der Waals surface area contributed by atoms with Crippen molar-refractivity contribution in [2.75, 3.05) is 25.2 Å². The Labute approximate surface area is 187 Å². The molecule has 3 aromatic rings. The standard InChI is InChI=1S/C26H27NO5/c1-6-30-18-11-12-22-19(14-18)16(2)24(32-22)25(29)31-15-17(28)13-23-26(3,4)20-9-7-8-10-21(20)27(23)5/h7-14H,6,15H2,1-5H3. The summed E-state index contributed by atoms with van der Waals surface area (Å²) in [4.78, 5) is 27.3. The van der Waals surface area contributed by atoms with Gasteiger partial charge in [0.15, 0.2) is 12.4 Å². The van der Waals surface area contributed by atoms with Crippen molar-refractivity contribution in [1.82, 2.24) is 0 Å². The number of hydrogen-bond acceptors (Lipinski definition) is 6. The van der Waals surface area contributed by atoms with Gasteiger partial charge in [0.2, 0.25) is 5.76 Å². The third-order valence-electron chi connectivity index (χ3n) is 5.99. The zero-order chi connectivity index (χ0) is 23.0. The number of ketones is 1. The molecule has 2 aromatic carbocycles. The van der Waals surface area contributed by atoms with E-state index in [1.165, 1.54) is 0 Å². The molecule has 1 aliphatic heterocycles. The molecule has 1 aromatic heterocycles. The van der Waals surface area contributed by atoms with Gasteiger partial charge in [0, 0.05) is 40.9 Å². The first-order chi connectivity index (χ1) is 15.2. The summed E-state index contributed by atoms with van der Waals surface area (Å²) in [5, 5.41) is 0.781. The molecule has 0 radical (unpaired) electrons. The maximum Gasteiger partial charge on any atom is 0.375 e. The number of fused-ring (bicyclic) bond motifs is 2. The Morgan fingerprint density at radius 3 is 2.62 bits per heavy atom. The molecule has 0 spiro atoms. The van der Waals surface area contributed by atoms with Gasteiger partial charge in [0.25, 0.3) is 0 Å². The number of allylic oxidation sites excluding steroid dienone is 1. The van der Waals surface area contributed by atoms with Gasteiger partial charge in [0.05, 0.1) is 6.61 Å². The fourth-order valence-electron chi connectivity index (χ4n) is 4.31. The lowest BCUT2D eigenvalue weighted by Crippen LogP contribution is -2.25. The Morgan fingerprint density at radius 2 is 1.91 bits per heavy atom. The molecule has 0 unspecified atom stereocenters. The van der Waals surface area contributed by atoms with Gasteiger partial charge in [0.1, 0.15) is 11.3 Å². The Kier molecular flexibility index (Phi) is 5.55. The van der Waals surface area contributed by atoms with Gasteiger partial charge in [-0.05, 0) is 43.7 Å². The molecule has 6 heteroatoms. The molecule has 0 bridgehead atoms. The highest BCUT2D eigenvalue weighted by molar-refractivity contribution is 5.99. The van der Waals surface area contributed by atoms with Crippen LogP contribution in [0.1, 0.15) is 42.5 Å². The van der Waals surface area contributed by atoms with Gasteiger partial charge in [-0.15, -0.1) is 0 Å². The van der Waals surface area contributed by atoms with E-state index < -0.39 is 5.97 Å². The van der Waals surface area contributed by atoms with Crippen LogP contribution in [0.15, 0.2) is 58.7 Å². The summed E-state index contributed by atoms with van der Waals surface area (Å²) in [6.45, 7) is 8.04. The molecular formula is C26H27NO5. The lowest BCUT2D eigenvalue weighted by atomic mass is 9.83. The molecule has 0 saturated carbocycles. The van der Waals surface area contributed by atoms with E-state index in [-0.39, 0.29) is 23.6 Å². The molecule has 166 valence electrons. The second-order valence-electron chi connectivity index (χ2n) is 8.42. The lowest BCUT2D eigenvalue weighted by Gasteiger charge is -2.23. The van der Waals surface area contributed by atoms with Gasteiger partial charge in [-0.25, -0.2) is 4.79 Å². The molecule has 0 saturated heterocycles. The van der Waals surface area contributed by atoms with Crippen molar-refractivity contribution in [3.63, 3.8) is 0 Å². The number of rotatable bonds is 6. The lowest BCUT2D eigenvalue weighted by molar-refractivity contribution is -0.117. The monoisotopic (exact) mass is 433 g/mol. The summed E-state index contributed by atoms with van der Waals surface area (Å²) in [6, 6.07) is 13.5. The Balaban J connectivity index is 1.49. The topological polar surface area (TPSA) is 69.0 Å². The van der Waals surface area contributed by atoms with Crippen LogP contribution in [-0.2, 0) is 14.9 Å². The van der Waals surface area contributed by atoms with Gasteiger partial charge >= 0.3 is 5.97 Å². The minimum Gasteiger partial charge on any atom is -0.494 e. The van der Waals surface area contributed by atoms with Gasteiger partial charge in [-0.2, -0.15) is 0 Å². The van der Waals surface area contributed by atoms with Crippen LogP contribution in [0.25, 0.3) is 11.0 Å². The van der Waals surface area contributed by atoms with Crippen molar-refractivity contribution in [2.45, 2.75) is 33.1 Å². The smallest absolute Gasteiger partial charge is 0.375 e. The number of esters is 1. The Hall–Kier alpha value is -3.54. The molecule has 0 N–H and O–H groups in total. The predicted molar refractivity (Wildman–Crippen MR) is 123 cm³/mol. The van der Waals surface area contributed by atoms with E-state index in [1.807, 2.05) is 43.1 Å². The minimum atomic E-state index is -0.661. The number of ether oxygens (including phenoxy) is 2. The maximum absolute atomic E-state index is 12.7. The average molecular weight is 434 g/mol. The number of hydrogen-bond donors (Lipinski definition) is 0. The summed E-state index contributed by atoms with van der Waals surface area (Å²) in [5.74, 6) is -0.144. The normalized spacial score (nSPS) is 15.8. The summed E-state index contributed by atoms with van der Waals surface area (Å²) in [6.07, 6.45) is 1.56. The molecule has 0 atom stereocenters. The SMILES string of the molecule is CCOc1ccc2oc(C(=O)OCC(=O)C=C3N(C)c4ccccc4C3(C)C)c(C)c2c1. The number of carbonyl (C=O) groups is 2. The highest BCUT2D eigenvalue weighted by atomic mass is 16.5. The molecule has 32 heavy (non-hydrogen) atoms. The molecular weight excluding hydrogens is 406 g/mol. The summed E-state index contributed by atoms with van der Waals surface area (Å²) in [5.41, 5.74) is 3.99. The van der Waals surface area contributed by atoms with E-state index >= 15 is 0 Å². The van der Waals surface area contributed by atoms with Gasteiger partial charge < -0.3 is 18.8 Å². The zero-order valence-corrected chi connectivity index (χ0v) is 19.0. The first kappa shape index (κ1) is 21.7. The summed E-state index contributed by atoms with van der Waals surface area (Å²) in [7, 11) is 1.94. The average Bonchev–Trinajstić information content (AvgIpc) is 3.20. The highest BCUT2D eigenvalue weighted by Gasteiger charge is 2.38. The van der Waals surface area contributed by atoms with Gasteiger partial charge in [-0.1, -0.05) is 32.0 Å². The first-order valence-electron chi connectivity index (χ1n) is 10.6. The quantitative estimate of drug-likeness (QED) is 0.394. The van der Waals surface area contributed by atoms with Crippen molar-refractivity contribution in [3.05, 3.63) is 71.1 Å². The number of aryl methyl sites for hydroxylation is 1. The predicted octanol–water partition coefficient (Wildman–Crippen LogP) is 5.18. The van der Waals surface area contributed by atoms with E-state index in [0.29, 0.717) is 23.5 Å². The Bertz CT molecular complexity index is 1230. The van der Waals surface area contributed by atoms with Crippen LogP contribution >= 0.6 is 0 Å². The number of anilines is 1. The highest BCUT2D eigenvalue weighted by Crippen LogP contribution is 2.46. The molecule has 4 rings (SSSR count). The maximum atomic E-state index is 12.7. The van der Waals surface area contributed by atoms with Crippen LogP contribution in [0.4, 0.5) is 5.69 Å². The van der Waals surface area contributed by atoms with Crippen LogP contribution in [-0.4, -0.2) is 32.0 Å². The van der Waals surface area contributed by atoms with Crippen LogP contribution in [0.5, 0.6) is 5.75 Å². The number of carbonyl (C=O) groups excluding carboxylic acids is 2. The van der Waals surface area contributed by atoms with Crippen LogP contribution in [0.2, 0.25) is 0 Å². The van der Waals surface area contributed by atoms with Gasteiger partial charge in [-0.3, -0.25) is 4.79 Å². The van der Waals surface area contributed by atoms with Crippen molar-refractivity contribution in [2.24, 2.45) is 0 Å². The second kappa shape index (κ2) is 8.19. The fraction of sp³-hybridized carbons (Fsp3) is 0.308. The summed E-state index contributed by atoms with van der Waals surface area (Å²) >= 11 is 0. The van der Waals surface area contributed by atoms with E-state index in [4.69, 9.17) is 13.9 Å². The molecule has 2 heterocycles. The Morgan fingerprint density at radius 1 is 1.16 bits per heavy atom. The number of para-hydroxylation sites is 1. The zero-order valence-electron chi connectivity index (χ0n) is 19.0. The third kappa shape index (κ3) is 3.66. The van der Waals surface area contributed by atoms with Crippen molar-refractivity contribution in [1.29, 1.82) is 0 Å². The molecule has 0 aliphatic carbocycles. The van der Waals surface area contributed by atoms with Crippen molar-refractivity contribution >= 4 is 28.4 Å². The molecule has 1 aliphatic rings. The van der Waals surface area contributed by atoms with Crippen LogP contribution in [0, 0.1) is 6.92 Å². The number of nitrogens with zero attached hydrogens (tertiary/aromatic N) is 1. The molecule has 0 amide bonds. The van der Waals surface area contributed by atoms with E-state index in [2.05, 4.69) is 19.9 Å². The van der Waals surface area contributed by atoms with Crippen LogP contribution in [0.3, 0.4) is 0 Å². The summed E-state index contributed by atoms with van der Waals surface area (Å²) < 4.78 is 16.5. The molecule has 6 nitrogen and oxygen atoms in total. The number of furan rings is 1. The first-order valence-corrected chi connectivity index (χ1v) is 10.6. The fourth-order valence-corrected chi connectivity index (χ4v) is 4.31. The van der Waals surface area contributed by atoms with Crippen LogP contribution < -0.4 is 9.64 Å². The second-order valence-corrected chi connectivity index (χ2v) is 8.42. The molecule has 0 fully saturated rings. The van der Waals surface area contributed by atoms with E-state index in [1.54, 1.807) is 25.1 Å². The minimum absolute atomic E-state index is 0.0971. The third-order valence-corrected chi connectivity index (χ3v) is 5.99.